The fraction of sp³-hybridized carbons (Fsp3) is 0.947. The summed E-state index contributed by atoms with van der Waals surface area (Å²) in [5.74, 6) is 1.51. The van der Waals surface area contributed by atoms with Crippen molar-refractivity contribution in [2.45, 2.75) is 40.0 Å². The smallest absolute Gasteiger partial charge is 0.191 e. The Kier molecular flexibility index (Phi) is 12.7. The second-order valence-electron chi connectivity index (χ2n) is 7.17. The number of rotatable bonds is 12. The molecule has 0 amide bonds. The van der Waals surface area contributed by atoms with Gasteiger partial charge in [0.1, 0.15) is 0 Å². The van der Waals surface area contributed by atoms with E-state index in [-0.39, 0.29) is 0 Å². The van der Waals surface area contributed by atoms with Gasteiger partial charge in [-0.2, -0.15) is 0 Å². The summed E-state index contributed by atoms with van der Waals surface area (Å²) in [7, 11) is 2.20. The van der Waals surface area contributed by atoms with Crippen LogP contribution in [0.2, 0.25) is 0 Å². The zero-order chi connectivity index (χ0) is 18.3. The van der Waals surface area contributed by atoms with Gasteiger partial charge in [-0.15, -0.1) is 0 Å². The van der Waals surface area contributed by atoms with Crippen LogP contribution >= 0.6 is 0 Å². The van der Waals surface area contributed by atoms with Gasteiger partial charge in [0.15, 0.2) is 5.96 Å². The summed E-state index contributed by atoms with van der Waals surface area (Å²) in [6.45, 7) is 16.8. The molecule has 1 atom stereocenters. The number of hydrogen-bond acceptors (Lipinski definition) is 4. The summed E-state index contributed by atoms with van der Waals surface area (Å²) < 4.78 is 5.60. The highest BCUT2D eigenvalue weighted by Gasteiger charge is 2.15. The number of likely N-dealkylation sites (N-methyl/N-ethyl adjacent to an activating group) is 1. The Morgan fingerprint density at radius 1 is 1.08 bits per heavy atom. The standard InChI is InChI=1S/C19H41N5O/c1-5-7-14-25-15-8-9-21-19(20-6-2)22-16-18(3)17-24-12-10-23(4)11-13-24/h18H,5-17H2,1-4H3,(H2,20,21,22). The van der Waals surface area contributed by atoms with Crippen LogP contribution in [-0.2, 0) is 4.74 Å². The second kappa shape index (κ2) is 14.3. The molecule has 1 aliphatic rings. The van der Waals surface area contributed by atoms with Gasteiger partial charge in [-0.3, -0.25) is 4.99 Å². The molecule has 0 saturated carbocycles. The van der Waals surface area contributed by atoms with Gasteiger partial charge in [-0.25, -0.2) is 0 Å². The van der Waals surface area contributed by atoms with Crippen molar-refractivity contribution in [2.24, 2.45) is 10.9 Å². The van der Waals surface area contributed by atoms with Crippen LogP contribution in [0.4, 0.5) is 0 Å². The van der Waals surface area contributed by atoms with Gasteiger partial charge in [-0.05, 0) is 32.7 Å². The molecule has 1 fully saturated rings. The SMILES string of the molecule is CCCCOCCCNC(=NCC(C)CN1CCN(C)CC1)NCC. The third-order valence-electron chi connectivity index (χ3n) is 4.47. The maximum absolute atomic E-state index is 5.60. The van der Waals surface area contributed by atoms with E-state index in [1.165, 1.54) is 32.6 Å². The number of ether oxygens (including phenoxy) is 1. The van der Waals surface area contributed by atoms with Crippen LogP contribution in [0.25, 0.3) is 0 Å². The molecular weight excluding hydrogens is 314 g/mol. The fourth-order valence-corrected chi connectivity index (χ4v) is 2.85. The lowest BCUT2D eigenvalue weighted by molar-refractivity contribution is 0.129. The minimum absolute atomic E-state index is 0.580. The minimum Gasteiger partial charge on any atom is -0.381 e. The van der Waals surface area contributed by atoms with Crippen LogP contribution in [0.5, 0.6) is 0 Å². The number of hydrogen-bond donors (Lipinski definition) is 2. The number of aliphatic imine (C=N–C) groups is 1. The first kappa shape index (κ1) is 22.2. The van der Waals surface area contributed by atoms with Crippen LogP contribution in [0, 0.1) is 5.92 Å². The molecule has 6 nitrogen and oxygen atoms in total. The molecule has 0 aliphatic carbocycles. The van der Waals surface area contributed by atoms with Gasteiger partial charge in [0, 0.05) is 65.6 Å². The Hall–Kier alpha value is -0.850. The molecular formula is C19H41N5O. The molecule has 1 aliphatic heterocycles. The van der Waals surface area contributed by atoms with Gasteiger partial charge in [-0.1, -0.05) is 20.3 Å². The molecule has 1 heterocycles. The Labute approximate surface area is 155 Å². The second-order valence-corrected chi connectivity index (χ2v) is 7.17. The zero-order valence-electron chi connectivity index (χ0n) is 17.0. The summed E-state index contributed by atoms with van der Waals surface area (Å²) in [6.07, 6.45) is 3.37. The lowest BCUT2D eigenvalue weighted by atomic mass is 10.1. The number of nitrogens with one attached hydrogen (secondary N) is 2. The molecule has 1 saturated heterocycles. The number of guanidine groups is 1. The van der Waals surface area contributed by atoms with Crippen LogP contribution in [0.1, 0.15) is 40.0 Å². The number of nitrogens with zero attached hydrogens (tertiary/aromatic N) is 3. The van der Waals surface area contributed by atoms with Gasteiger partial charge in [0.25, 0.3) is 0 Å². The molecule has 1 unspecified atom stereocenters. The molecule has 0 aromatic rings. The lowest BCUT2D eigenvalue weighted by Gasteiger charge is -2.33. The lowest BCUT2D eigenvalue weighted by Crippen LogP contribution is -2.46. The third kappa shape index (κ3) is 11.4. The van der Waals surface area contributed by atoms with E-state index in [2.05, 4.69) is 48.3 Å². The molecule has 0 bridgehead atoms. The van der Waals surface area contributed by atoms with Crippen molar-refractivity contribution in [3.8, 4) is 0 Å². The fourth-order valence-electron chi connectivity index (χ4n) is 2.85. The normalized spacial score (nSPS) is 18.3. The van der Waals surface area contributed by atoms with E-state index < -0.39 is 0 Å². The minimum atomic E-state index is 0.580. The predicted octanol–water partition coefficient (Wildman–Crippen LogP) is 1.63. The van der Waals surface area contributed by atoms with E-state index in [4.69, 9.17) is 9.73 Å². The molecule has 25 heavy (non-hydrogen) atoms. The first-order chi connectivity index (χ1) is 12.2. The van der Waals surface area contributed by atoms with E-state index in [1.807, 2.05) is 0 Å². The zero-order valence-corrected chi connectivity index (χ0v) is 17.0. The quantitative estimate of drug-likeness (QED) is 0.317. The first-order valence-corrected chi connectivity index (χ1v) is 10.2. The van der Waals surface area contributed by atoms with Crippen molar-refractivity contribution in [1.29, 1.82) is 0 Å². The summed E-state index contributed by atoms with van der Waals surface area (Å²) in [4.78, 5) is 9.72. The number of piperazine rings is 1. The predicted molar refractivity (Wildman–Crippen MR) is 107 cm³/mol. The first-order valence-electron chi connectivity index (χ1n) is 10.2. The maximum atomic E-state index is 5.60. The van der Waals surface area contributed by atoms with Crippen molar-refractivity contribution in [3.05, 3.63) is 0 Å². The molecule has 0 radical (unpaired) electrons. The Balaban J connectivity index is 2.19. The van der Waals surface area contributed by atoms with Crippen LogP contribution in [-0.4, -0.2) is 88.4 Å². The summed E-state index contributed by atoms with van der Waals surface area (Å²) in [5, 5.41) is 6.75. The van der Waals surface area contributed by atoms with E-state index in [9.17, 15) is 0 Å². The molecule has 0 spiro atoms. The van der Waals surface area contributed by atoms with Gasteiger partial charge in [0.2, 0.25) is 0 Å². The Morgan fingerprint density at radius 3 is 2.48 bits per heavy atom. The van der Waals surface area contributed by atoms with E-state index in [0.717, 1.165) is 58.2 Å². The van der Waals surface area contributed by atoms with Crippen LogP contribution < -0.4 is 10.6 Å². The van der Waals surface area contributed by atoms with Gasteiger partial charge in [0.05, 0.1) is 0 Å². The van der Waals surface area contributed by atoms with E-state index in [1.54, 1.807) is 0 Å². The van der Waals surface area contributed by atoms with Crippen molar-refractivity contribution >= 4 is 5.96 Å². The average Bonchev–Trinajstić information content (AvgIpc) is 2.60. The van der Waals surface area contributed by atoms with Crippen molar-refractivity contribution in [2.75, 3.05) is 72.6 Å². The number of unbranched alkanes of at least 4 members (excludes halogenated alkanes) is 1. The highest BCUT2D eigenvalue weighted by molar-refractivity contribution is 5.79. The Bertz CT molecular complexity index is 343. The third-order valence-corrected chi connectivity index (χ3v) is 4.47. The van der Waals surface area contributed by atoms with E-state index >= 15 is 0 Å². The molecule has 0 aromatic heterocycles. The molecule has 1 rings (SSSR count). The summed E-state index contributed by atoms with van der Waals surface area (Å²) >= 11 is 0. The maximum Gasteiger partial charge on any atom is 0.191 e. The highest BCUT2D eigenvalue weighted by atomic mass is 16.5. The van der Waals surface area contributed by atoms with Crippen LogP contribution in [0.3, 0.4) is 0 Å². The summed E-state index contributed by atoms with van der Waals surface area (Å²) in [5.41, 5.74) is 0. The van der Waals surface area contributed by atoms with Crippen LogP contribution in [0.15, 0.2) is 4.99 Å². The topological polar surface area (TPSA) is 52.1 Å². The van der Waals surface area contributed by atoms with Crippen molar-refractivity contribution in [1.82, 2.24) is 20.4 Å². The monoisotopic (exact) mass is 355 g/mol. The van der Waals surface area contributed by atoms with Crippen molar-refractivity contribution < 1.29 is 4.74 Å². The van der Waals surface area contributed by atoms with Gasteiger partial charge >= 0.3 is 0 Å². The van der Waals surface area contributed by atoms with Crippen molar-refractivity contribution in [3.63, 3.8) is 0 Å². The van der Waals surface area contributed by atoms with E-state index in [0.29, 0.717) is 5.92 Å². The molecule has 6 heteroatoms. The molecule has 148 valence electrons. The highest BCUT2D eigenvalue weighted by Crippen LogP contribution is 2.05. The Morgan fingerprint density at radius 2 is 1.80 bits per heavy atom. The van der Waals surface area contributed by atoms with Gasteiger partial charge < -0.3 is 25.2 Å². The molecule has 2 N–H and O–H groups in total. The summed E-state index contributed by atoms with van der Waals surface area (Å²) in [6, 6.07) is 0. The molecule has 0 aromatic carbocycles. The average molecular weight is 356 g/mol. The largest absolute Gasteiger partial charge is 0.381 e.